The van der Waals surface area contributed by atoms with E-state index in [1.54, 1.807) is 19.1 Å². The summed E-state index contributed by atoms with van der Waals surface area (Å²) in [5.41, 5.74) is 0. The van der Waals surface area contributed by atoms with Gasteiger partial charge < -0.3 is 24.3 Å². The van der Waals surface area contributed by atoms with Gasteiger partial charge >= 0.3 is 6.09 Å². The van der Waals surface area contributed by atoms with Gasteiger partial charge in [-0.25, -0.2) is 9.10 Å². The zero-order valence-corrected chi connectivity index (χ0v) is 20.1. The summed E-state index contributed by atoms with van der Waals surface area (Å²) in [4.78, 5) is 13.6. The largest absolute Gasteiger partial charge is 0.497 e. The molecule has 0 bridgehead atoms. The van der Waals surface area contributed by atoms with Crippen LogP contribution >= 0.6 is 11.9 Å². The summed E-state index contributed by atoms with van der Waals surface area (Å²) in [7, 11) is 1.68. The Bertz CT molecular complexity index is 744. The molecule has 1 aromatic carbocycles. The van der Waals surface area contributed by atoms with Crippen molar-refractivity contribution in [2.45, 2.75) is 50.4 Å². The Hall–Kier alpha value is -1.48. The van der Waals surface area contributed by atoms with E-state index >= 15 is 0 Å². The van der Waals surface area contributed by atoms with Crippen molar-refractivity contribution in [3.8, 4) is 5.75 Å². The molecule has 2 heterocycles. The quantitative estimate of drug-likeness (QED) is 0.412. The van der Waals surface area contributed by atoms with Gasteiger partial charge in [0.15, 0.2) is 6.29 Å². The van der Waals surface area contributed by atoms with Gasteiger partial charge in [0.25, 0.3) is 0 Å². The van der Waals surface area contributed by atoms with Crippen LogP contribution in [0.1, 0.15) is 33.1 Å². The van der Waals surface area contributed by atoms with Crippen LogP contribution in [0.3, 0.4) is 0 Å². The molecule has 178 valence electrons. The lowest BCUT2D eigenvalue weighted by Crippen LogP contribution is -2.39. The van der Waals surface area contributed by atoms with Crippen LogP contribution in [0.2, 0.25) is 0 Å². The van der Waals surface area contributed by atoms with Gasteiger partial charge in [0.1, 0.15) is 11.9 Å². The number of nitrogens with one attached hydrogen (secondary N) is 1. The Morgan fingerprint density at radius 2 is 2.09 bits per heavy atom. The van der Waals surface area contributed by atoms with Gasteiger partial charge in [0.2, 0.25) is 0 Å². The standard InChI is InChI=1S/C24H36N2O5S/c1-16(2)14-26(32-19-7-5-18(28-3)6-8-19)11-4-10-25-24(27)31-21-13-17-15-30-23-22(17)20(21)9-12-29-23/h5-8,16-17,20-23H,4,9-15H2,1-3H3,(H,25,27)/t17-,20?,21?,22?,23?/m0/s1. The van der Waals surface area contributed by atoms with Crippen LogP contribution in [-0.2, 0) is 14.2 Å². The molecular weight excluding hydrogens is 428 g/mol. The number of benzene rings is 1. The summed E-state index contributed by atoms with van der Waals surface area (Å²) in [6.07, 6.45) is 2.31. The van der Waals surface area contributed by atoms with Crippen LogP contribution in [0, 0.1) is 23.7 Å². The minimum atomic E-state index is -0.294. The fraction of sp³-hybridized carbons (Fsp3) is 0.708. The third-order valence-corrected chi connectivity index (χ3v) is 7.62. The number of carbonyl (C=O) groups is 1. The van der Waals surface area contributed by atoms with Gasteiger partial charge in [-0.15, -0.1) is 0 Å². The van der Waals surface area contributed by atoms with Crippen LogP contribution in [-0.4, -0.2) is 62.8 Å². The molecule has 8 heteroatoms. The fourth-order valence-corrected chi connectivity index (χ4v) is 6.30. The number of nitrogens with zero attached hydrogens (tertiary/aromatic N) is 1. The maximum atomic E-state index is 12.4. The lowest BCUT2D eigenvalue weighted by Gasteiger charge is -2.32. The van der Waals surface area contributed by atoms with Gasteiger partial charge in [0.05, 0.1) is 20.3 Å². The van der Waals surface area contributed by atoms with E-state index in [-0.39, 0.29) is 18.5 Å². The van der Waals surface area contributed by atoms with E-state index in [0.29, 0.717) is 36.8 Å². The average Bonchev–Trinajstić information content (AvgIpc) is 3.35. The molecule has 2 saturated heterocycles. The molecule has 1 N–H and O–H groups in total. The second-order valence-corrected chi connectivity index (χ2v) is 10.5. The monoisotopic (exact) mass is 464 g/mol. The number of hydrogen-bond donors (Lipinski definition) is 1. The highest BCUT2D eigenvalue weighted by Gasteiger charge is 2.54. The second kappa shape index (κ2) is 11.1. The summed E-state index contributed by atoms with van der Waals surface area (Å²) in [6.45, 7) is 8.35. The topological polar surface area (TPSA) is 69.3 Å². The van der Waals surface area contributed by atoms with Crippen molar-refractivity contribution in [1.29, 1.82) is 0 Å². The zero-order chi connectivity index (χ0) is 22.5. The van der Waals surface area contributed by atoms with Crippen molar-refractivity contribution in [3.05, 3.63) is 24.3 Å². The molecule has 4 rings (SSSR count). The van der Waals surface area contributed by atoms with E-state index in [1.807, 2.05) is 12.1 Å². The van der Waals surface area contributed by atoms with Crippen molar-refractivity contribution in [2.75, 3.05) is 40.0 Å². The summed E-state index contributed by atoms with van der Waals surface area (Å²) >= 11 is 1.75. The van der Waals surface area contributed by atoms with Crippen LogP contribution < -0.4 is 10.1 Å². The lowest BCUT2D eigenvalue weighted by molar-refractivity contribution is -0.173. The number of ether oxygens (including phenoxy) is 4. The van der Waals surface area contributed by atoms with E-state index in [0.717, 1.165) is 44.7 Å². The first kappa shape index (κ1) is 23.7. The molecule has 1 aromatic rings. The number of hydrogen-bond acceptors (Lipinski definition) is 7. The molecule has 1 saturated carbocycles. The molecule has 5 atom stereocenters. The smallest absolute Gasteiger partial charge is 0.407 e. The first-order valence-corrected chi connectivity index (χ1v) is 12.6. The van der Waals surface area contributed by atoms with Crippen LogP contribution in [0.15, 0.2) is 29.2 Å². The number of amides is 1. The molecule has 0 spiro atoms. The highest BCUT2D eigenvalue weighted by molar-refractivity contribution is 7.97. The Morgan fingerprint density at radius 1 is 1.28 bits per heavy atom. The third kappa shape index (κ3) is 5.90. The predicted molar refractivity (Wildman–Crippen MR) is 124 cm³/mol. The van der Waals surface area contributed by atoms with Crippen LogP contribution in [0.25, 0.3) is 0 Å². The first-order chi connectivity index (χ1) is 15.5. The van der Waals surface area contributed by atoms with E-state index < -0.39 is 0 Å². The molecule has 3 fully saturated rings. The second-order valence-electron chi connectivity index (χ2n) is 9.37. The molecule has 7 nitrogen and oxygen atoms in total. The molecule has 3 aliphatic rings. The minimum Gasteiger partial charge on any atom is -0.497 e. The van der Waals surface area contributed by atoms with Crippen molar-refractivity contribution >= 4 is 18.0 Å². The minimum absolute atomic E-state index is 0.0108. The molecule has 4 unspecified atom stereocenters. The zero-order valence-electron chi connectivity index (χ0n) is 19.3. The van der Waals surface area contributed by atoms with Gasteiger partial charge in [-0.2, -0.15) is 0 Å². The first-order valence-electron chi connectivity index (χ1n) is 11.8. The Balaban J connectivity index is 1.19. The molecule has 0 radical (unpaired) electrons. The van der Waals surface area contributed by atoms with Gasteiger partial charge in [0, 0.05) is 36.4 Å². The van der Waals surface area contributed by atoms with Crippen molar-refractivity contribution in [2.24, 2.45) is 23.7 Å². The molecule has 0 aromatic heterocycles. The fourth-order valence-electron chi connectivity index (χ4n) is 5.15. The maximum absolute atomic E-state index is 12.4. The summed E-state index contributed by atoms with van der Waals surface area (Å²) in [5, 5.41) is 2.96. The molecule has 1 aliphatic carbocycles. The Morgan fingerprint density at radius 3 is 2.84 bits per heavy atom. The summed E-state index contributed by atoms with van der Waals surface area (Å²) in [6, 6.07) is 8.12. The highest BCUT2D eigenvalue weighted by Crippen LogP contribution is 2.49. The van der Waals surface area contributed by atoms with E-state index in [2.05, 4.69) is 35.6 Å². The van der Waals surface area contributed by atoms with Crippen molar-refractivity contribution < 1.29 is 23.7 Å². The highest BCUT2D eigenvalue weighted by atomic mass is 32.2. The van der Waals surface area contributed by atoms with E-state index in [4.69, 9.17) is 18.9 Å². The Kier molecular flexibility index (Phi) is 8.21. The van der Waals surface area contributed by atoms with Crippen LogP contribution in [0.4, 0.5) is 4.79 Å². The molecule has 2 aliphatic heterocycles. The van der Waals surface area contributed by atoms with Crippen molar-refractivity contribution in [1.82, 2.24) is 9.62 Å². The van der Waals surface area contributed by atoms with E-state index in [9.17, 15) is 4.79 Å². The van der Waals surface area contributed by atoms with Crippen LogP contribution in [0.5, 0.6) is 5.75 Å². The predicted octanol–water partition coefficient (Wildman–Crippen LogP) is 4.17. The number of methoxy groups -OCH3 is 1. The summed E-state index contributed by atoms with van der Waals surface area (Å²) < 4.78 is 24.9. The van der Waals surface area contributed by atoms with Gasteiger partial charge in [-0.3, -0.25) is 0 Å². The molecule has 32 heavy (non-hydrogen) atoms. The maximum Gasteiger partial charge on any atom is 0.407 e. The van der Waals surface area contributed by atoms with Gasteiger partial charge in [-0.1, -0.05) is 13.8 Å². The number of rotatable bonds is 10. The lowest BCUT2D eigenvalue weighted by atomic mass is 9.87. The van der Waals surface area contributed by atoms with Crippen molar-refractivity contribution in [3.63, 3.8) is 0 Å². The average molecular weight is 465 g/mol. The third-order valence-electron chi connectivity index (χ3n) is 6.55. The normalized spacial score (nSPS) is 28.7. The number of carbonyl (C=O) groups excluding carboxylic acids is 1. The summed E-state index contributed by atoms with van der Waals surface area (Å²) in [5.74, 6) is 2.65. The SMILES string of the molecule is COc1ccc(SN(CCCNC(=O)OC2C[C@H]3COC4OCCC2C43)CC(C)C)cc1. The number of alkyl carbamates (subject to hydrolysis) is 1. The molecular formula is C24H36N2O5S. The van der Waals surface area contributed by atoms with Gasteiger partial charge in [-0.05, 0) is 67.3 Å². The molecule has 1 amide bonds. The van der Waals surface area contributed by atoms with E-state index in [1.165, 1.54) is 4.90 Å². The Labute approximate surface area is 195 Å².